The summed E-state index contributed by atoms with van der Waals surface area (Å²) >= 11 is 0. The van der Waals surface area contributed by atoms with Gasteiger partial charge in [-0.15, -0.1) is 0 Å². The van der Waals surface area contributed by atoms with Crippen LogP contribution in [0, 0.1) is 11.3 Å². The molecule has 1 aromatic heterocycles. The first kappa shape index (κ1) is 20.3. The van der Waals surface area contributed by atoms with Gasteiger partial charge >= 0.3 is 6.18 Å². The highest BCUT2D eigenvalue weighted by Crippen LogP contribution is 2.47. The minimum atomic E-state index is -4.49. The van der Waals surface area contributed by atoms with Crippen molar-refractivity contribution in [3.05, 3.63) is 18.1 Å². The topological polar surface area (TPSA) is 47.5 Å². The summed E-state index contributed by atoms with van der Waals surface area (Å²) in [5.74, 6) is 0.279. The van der Waals surface area contributed by atoms with Crippen molar-refractivity contribution in [1.29, 1.82) is 0 Å². The monoisotopic (exact) mass is 387 g/mol. The molecule has 5 nitrogen and oxygen atoms in total. The third-order valence-corrected chi connectivity index (χ3v) is 5.10. The van der Waals surface area contributed by atoms with E-state index in [1.807, 2.05) is 0 Å². The van der Waals surface area contributed by atoms with Gasteiger partial charge < -0.3 is 14.4 Å². The molecule has 2 heterocycles. The fraction of sp³-hybridized carbons (Fsp3) is 0.789. The zero-order valence-electron chi connectivity index (χ0n) is 16.2. The Hall–Kier alpha value is -1.41. The Morgan fingerprint density at radius 3 is 2.59 bits per heavy atom. The molecule has 3 rings (SSSR count). The smallest absolute Gasteiger partial charge is 0.433 e. The van der Waals surface area contributed by atoms with Crippen LogP contribution in [0.5, 0.6) is 5.88 Å². The second-order valence-corrected chi connectivity index (χ2v) is 8.84. The third kappa shape index (κ3) is 6.04. The largest absolute Gasteiger partial charge is 0.477 e. The van der Waals surface area contributed by atoms with Crippen LogP contribution in [-0.2, 0) is 10.9 Å². The zero-order valence-corrected chi connectivity index (χ0v) is 16.2. The van der Waals surface area contributed by atoms with Crippen molar-refractivity contribution in [3.8, 4) is 5.88 Å². The van der Waals surface area contributed by atoms with E-state index in [1.54, 1.807) is 0 Å². The van der Waals surface area contributed by atoms with Crippen molar-refractivity contribution < 1.29 is 22.6 Å². The molecule has 0 aromatic carbocycles. The van der Waals surface area contributed by atoms with E-state index in [9.17, 15) is 13.2 Å². The second kappa shape index (κ2) is 7.54. The summed E-state index contributed by atoms with van der Waals surface area (Å²) in [4.78, 5) is 9.46. The second-order valence-electron chi connectivity index (χ2n) is 8.84. The van der Waals surface area contributed by atoms with Gasteiger partial charge in [-0.1, -0.05) is 0 Å². The molecule has 1 aliphatic carbocycles. The molecule has 0 spiro atoms. The SMILES string of the molecule is CC(C)(C)OCC1(CN2CC[C@H](COc3cc(C(F)(F)F)ncn3)C2)CC1. The average Bonchev–Trinajstić information content (AvgIpc) is 3.19. The molecule has 0 unspecified atom stereocenters. The van der Waals surface area contributed by atoms with E-state index >= 15 is 0 Å². The van der Waals surface area contributed by atoms with Gasteiger partial charge in [0.05, 0.1) is 18.8 Å². The number of likely N-dealkylation sites (tertiary alicyclic amines) is 1. The van der Waals surface area contributed by atoms with E-state index < -0.39 is 11.9 Å². The van der Waals surface area contributed by atoms with Crippen LogP contribution in [0.1, 0.15) is 45.7 Å². The van der Waals surface area contributed by atoms with Crippen molar-refractivity contribution >= 4 is 0 Å². The number of halogens is 3. The van der Waals surface area contributed by atoms with Crippen LogP contribution in [0.15, 0.2) is 12.4 Å². The number of ether oxygens (including phenoxy) is 2. The maximum atomic E-state index is 12.7. The van der Waals surface area contributed by atoms with E-state index in [0.717, 1.165) is 45.1 Å². The number of hydrogen-bond donors (Lipinski definition) is 0. The summed E-state index contributed by atoms with van der Waals surface area (Å²) in [7, 11) is 0. The standard InChI is InChI=1S/C19H28F3N3O2/c1-17(2,3)27-12-18(5-6-18)11-25-7-4-14(9-25)10-26-16-8-15(19(20,21)22)23-13-24-16/h8,13-14H,4-7,9-12H2,1-3H3/t14-/m0/s1. The van der Waals surface area contributed by atoms with Gasteiger partial charge in [-0.3, -0.25) is 0 Å². The number of alkyl halides is 3. The summed E-state index contributed by atoms with van der Waals surface area (Å²) in [5.41, 5.74) is -0.823. The van der Waals surface area contributed by atoms with Crippen LogP contribution >= 0.6 is 0 Å². The summed E-state index contributed by atoms with van der Waals surface area (Å²) < 4.78 is 49.6. The van der Waals surface area contributed by atoms with Gasteiger partial charge in [-0.05, 0) is 46.6 Å². The van der Waals surface area contributed by atoms with Crippen molar-refractivity contribution in [2.75, 3.05) is 32.8 Å². The quantitative estimate of drug-likeness (QED) is 0.712. The number of rotatable bonds is 7. The summed E-state index contributed by atoms with van der Waals surface area (Å²) in [6.45, 7) is 10.3. The van der Waals surface area contributed by atoms with Crippen molar-refractivity contribution in [2.24, 2.45) is 11.3 Å². The minimum Gasteiger partial charge on any atom is -0.477 e. The van der Waals surface area contributed by atoms with Crippen LogP contribution in [0.2, 0.25) is 0 Å². The average molecular weight is 387 g/mol. The molecule has 0 N–H and O–H groups in total. The molecule has 0 bridgehead atoms. The fourth-order valence-corrected chi connectivity index (χ4v) is 3.34. The van der Waals surface area contributed by atoms with Crippen molar-refractivity contribution in [3.63, 3.8) is 0 Å². The normalized spacial score (nSPS) is 22.8. The van der Waals surface area contributed by atoms with E-state index in [0.29, 0.717) is 12.5 Å². The summed E-state index contributed by atoms with van der Waals surface area (Å²) in [6, 6.07) is 0.857. The van der Waals surface area contributed by atoms with Gasteiger partial charge in [0.1, 0.15) is 6.33 Å². The van der Waals surface area contributed by atoms with Gasteiger partial charge in [0.25, 0.3) is 0 Å². The molecule has 1 aliphatic heterocycles. The molecular weight excluding hydrogens is 359 g/mol. The fourth-order valence-electron chi connectivity index (χ4n) is 3.34. The maximum absolute atomic E-state index is 12.7. The first-order chi connectivity index (χ1) is 12.5. The molecule has 1 saturated heterocycles. The lowest BCUT2D eigenvalue weighted by molar-refractivity contribution is -0.141. The molecule has 27 heavy (non-hydrogen) atoms. The Balaban J connectivity index is 1.44. The molecule has 0 radical (unpaired) electrons. The molecule has 0 amide bonds. The first-order valence-corrected chi connectivity index (χ1v) is 9.43. The summed E-state index contributed by atoms with van der Waals surface area (Å²) in [5, 5.41) is 0. The van der Waals surface area contributed by atoms with Gasteiger partial charge in [0, 0.05) is 30.5 Å². The van der Waals surface area contributed by atoms with E-state index in [-0.39, 0.29) is 16.9 Å². The van der Waals surface area contributed by atoms with E-state index in [2.05, 4.69) is 35.6 Å². The van der Waals surface area contributed by atoms with Crippen molar-refractivity contribution in [1.82, 2.24) is 14.9 Å². The van der Waals surface area contributed by atoms with Crippen LogP contribution in [-0.4, -0.2) is 53.3 Å². The molecular formula is C19H28F3N3O2. The van der Waals surface area contributed by atoms with E-state index in [1.165, 1.54) is 12.8 Å². The van der Waals surface area contributed by atoms with E-state index in [4.69, 9.17) is 9.47 Å². The Bertz CT molecular complexity index is 642. The third-order valence-electron chi connectivity index (χ3n) is 5.10. The Morgan fingerprint density at radius 1 is 1.22 bits per heavy atom. The molecule has 1 atom stereocenters. The van der Waals surface area contributed by atoms with Crippen LogP contribution in [0.25, 0.3) is 0 Å². The molecule has 152 valence electrons. The predicted molar refractivity (Wildman–Crippen MR) is 94.4 cm³/mol. The van der Waals surface area contributed by atoms with Crippen molar-refractivity contribution in [2.45, 2.75) is 51.8 Å². The Morgan fingerprint density at radius 2 is 1.96 bits per heavy atom. The highest BCUT2D eigenvalue weighted by atomic mass is 19.4. The molecule has 1 saturated carbocycles. The maximum Gasteiger partial charge on any atom is 0.433 e. The lowest BCUT2D eigenvalue weighted by Crippen LogP contribution is -2.34. The van der Waals surface area contributed by atoms with Gasteiger partial charge in [0.15, 0.2) is 5.69 Å². The molecule has 2 aliphatic rings. The van der Waals surface area contributed by atoms with Gasteiger partial charge in [-0.25, -0.2) is 9.97 Å². The molecule has 2 fully saturated rings. The number of nitrogens with zero attached hydrogens (tertiary/aromatic N) is 3. The summed E-state index contributed by atoms with van der Waals surface area (Å²) in [6.07, 6.45) is -0.221. The lowest BCUT2D eigenvalue weighted by atomic mass is 10.1. The highest BCUT2D eigenvalue weighted by molar-refractivity contribution is 5.15. The predicted octanol–water partition coefficient (Wildman–Crippen LogP) is 3.79. The van der Waals surface area contributed by atoms with Crippen LogP contribution < -0.4 is 4.74 Å². The highest BCUT2D eigenvalue weighted by Gasteiger charge is 2.45. The van der Waals surface area contributed by atoms with Crippen LogP contribution in [0.3, 0.4) is 0 Å². The molecule has 1 aromatic rings. The zero-order chi connectivity index (χ0) is 19.7. The number of hydrogen-bond acceptors (Lipinski definition) is 5. The first-order valence-electron chi connectivity index (χ1n) is 9.43. The molecule has 8 heteroatoms. The minimum absolute atomic E-state index is 0.0204. The Kier molecular flexibility index (Phi) is 5.68. The van der Waals surface area contributed by atoms with Crippen LogP contribution in [0.4, 0.5) is 13.2 Å². The number of aromatic nitrogens is 2. The van der Waals surface area contributed by atoms with Gasteiger partial charge in [-0.2, -0.15) is 13.2 Å². The van der Waals surface area contributed by atoms with Gasteiger partial charge in [0.2, 0.25) is 5.88 Å². The Labute approximate surface area is 158 Å². The lowest BCUT2D eigenvalue weighted by Gasteiger charge is -2.27.